The van der Waals surface area contributed by atoms with E-state index in [0.717, 1.165) is 33.3 Å². The number of ether oxygens (including phenoxy) is 3. The van der Waals surface area contributed by atoms with Gasteiger partial charge in [-0.05, 0) is 72.7 Å². The fourth-order valence-electron chi connectivity index (χ4n) is 4.45. The molecule has 0 radical (unpaired) electrons. The monoisotopic (exact) mass is 576 g/mol. The van der Waals surface area contributed by atoms with E-state index in [9.17, 15) is 17.6 Å². The molecule has 210 valence electrons. The van der Waals surface area contributed by atoms with Gasteiger partial charge in [0.25, 0.3) is 0 Å². The molecule has 1 aliphatic rings. The molecule has 1 aliphatic heterocycles. The first kappa shape index (κ1) is 29.0. The average Bonchev–Trinajstić information content (AvgIpc) is 3.65. The predicted molar refractivity (Wildman–Crippen MR) is 147 cm³/mol. The molecule has 2 aromatic carbocycles. The van der Waals surface area contributed by atoms with E-state index in [4.69, 9.17) is 14.2 Å². The van der Waals surface area contributed by atoms with E-state index in [0.29, 0.717) is 44.0 Å². The van der Waals surface area contributed by atoms with Gasteiger partial charge in [-0.25, -0.2) is 12.8 Å². The maximum absolute atomic E-state index is 13.7. The number of carbonyl (C=O) groups is 1. The summed E-state index contributed by atoms with van der Waals surface area (Å²) in [5.41, 5.74) is 0.951. The summed E-state index contributed by atoms with van der Waals surface area (Å²) < 4.78 is 58.2. The van der Waals surface area contributed by atoms with Gasteiger partial charge in [-0.2, -0.15) is 4.31 Å². The van der Waals surface area contributed by atoms with Crippen molar-refractivity contribution in [3.63, 3.8) is 0 Å². The number of methoxy groups -OCH3 is 2. The number of rotatable bonds is 13. The molecule has 1 aromatic heterocycles. The maximum Gasteiger partial charge on any atom is 0.243 e. The minimum atomic E-state index is -4.07. The SMILES string of the molecule is COc1ccc(CCN(Cc2cccs2)C(=O)CN(CC2CCCO2)S(=O)(=O)c2ccc(F)cc2)cc1OC. The third-order valence-corrected chi connectivity index (χ3v) is 9.28. The van der Waals surface area contributed by atoms with Crippen LogP contribution >= 0.6 is 11.3 Å². The molecule has 0 aliphatic carbocycles. The lowest BCUT2D eigenvalue weighted by atomic mass is 10.1. The van der Waals surface area contributed by atoms with Crippen molar-refractivity contribution < 1.29 is 31.8 Å². The van der Waals surface area contributed by atoms with Gasteiger partial charge in [0.05, 0.1) is 38.3 Å². The van der Waals surface area contributed by atoms with Crippen LogP contribution in [0.3, 0.4) is 0 Å². The first-order chi connectivity index (χ1) is 18.8. The Bertz CT molecular complexity index is 1330. The summed E-state index contributed by atoms with van der Waals surface area (Å²) >= 11 is 1.53. The lowest BCUT2D eigenvalue weighted by Crippen LogP contribution is -2.45. The van der Waals surface area contributed by atoms with Crippen LogP contribution in [0.15, 0.2) is 64.9 Å². The Morgan fingerprint density at radius 1 is 1.10 bits per heavy atom. The zero-order chi connectivity index (χ0) is 27.8. The highest BCUT2D eigenvalue weighted by molar-refractivity contribution is 7.89. The molecule has 1 saturated heterocycles. The number of benzene rings is 2. The number of nitrogens with zero attached hydrogens (tertiary/aromatic N) is 2. The largest absolute Gasteiger partial charge is 0.493 e. The van der Waals surface area contributed by atoms with Gasteiger partial charge in [0.1, 0.15) is 5.82 Å². The van der Waals surface area contributed by atoms with Crippen LogP contribution in [0.1, 0.15) is 23.3 Å². The first-order valence-corrected chi connectivity index (χ1v) is 15.0. The Kier molecular flexibility index (Phi) is 9.95. The molecular formula is C28H33FN2O6S2. The second-order valence-electron chi connectivity index (χ2n) is 9.22. The van der Waals surface area contributed by atoms with E-state index >= 15 is 0 Å². The number of hydrogen-bond acceptors (Lipinski definition) is 7. The van der Waals surface area contributed by atoms with Gasteiger partial charge in [-0.1, -0.05) is 12.1 Å². The number of sulfonamides is 1. The van der Waals surface area contributed by atoms with Gasteiger partial charge < -0.3 is 19.1 Å². The van der Waals surface area contributed by atoms with Crippen LogP contribution in [-0.2, 0) is 32.5 Å². The van der Waals surface area contributed by atoms with Crippen LogP contribution in [0.4, 0.5) is 4.39 Å². The van der Waals surface area contributed by atoms with Gasteiger partial charge >= 0.3 is 0 Å². The van der Waals surface area contributed by atoms with Crippen molar-refractivity contribution in [2.75, 3.05) is 40.5 Å². The Hall–Kier alpha value is -2.99. The molecule has 0 bridgehead atoms. The molecule has 11 heteroatoms. The third-order valence-electron chi connectivity index (χ3n) is 6.59. The van der Waals surface area contributed by atoms with E-state index in [1.165, 1.54) is 23.5 Å². The molecule has 39 heavy (non-hydrogen) atoms. The molecule has 0 spiro atoms. The van der Waals surface area contributed by atoms with Crippen LogP contribution < -0.4 is 9.47 Å². The molecule has 1 atom stereocenters. The zero-order valence-corrected chi connectivity index (χ0v) is 23.7. The first-order valence-electron chi connectivity index (χ1n) is 12.7. The van der Waals surface area contributed by atoms with Gasteiger partial charge in [0, 0.05) is 24.6 Å². The average molecular weight is 577 g/mol. The quantitative estimate of drug-likeness (QED) is 0.301. The molecule has 1 unspecified atom stereocenters. The number of thiophene rings is 1. The van der Waals surface area contributed by atoms with Crippen molar-refractivity contribution in [3.05, 3.63) is 76.2 Å². The number of carbonyl (C=O) groups excluding carboxylic acids is 1. The summed E-state index contributed by atoms with van der Waals surface area (Å²) in [6.07, 6.45) is 1.78. The van der Waals surface area contributed by atoms with Gasteiger partial charge in [0.15, 0.2) is 11.5 Å². The molecule has 8 nitrogen and oxygen atoms in total. The van der Waals surface area contributed by atoms with E-state index in [1.807, 2.05) is 35.7 Å². The molecular weight excluding hydrogens is 543 g/mol. The van der Waals surface area contributed by atoms with Crippen LogP contribution in [0.25, 0.3) is 0 Å². The number of hydrogen-bond donors (Lipinski definition) is 0. The summed E-state index contributed by atoms with van der Waals surface area (Å²) in [5, 5.41) is 1.94. The Morgan fingerprint density at radius 3 is 2.51 bits per heavy atom. The fraction of sp³-hybridized carbons (Fsp3) is 0.393. The highest BCUT2D eigenvalue weighted by atomic mass is 32.2. The van der Waals surface area contributed by atoms with Gasteiger partial charge in [0.2, 0.25) is 15.9 Å². The summed E-state index contributed by atoms with van der Waals surface area (Å²) in [5.74, 6) is 0.350. The highest BCUT2D eigenvalue weighted by Gasteiger charge is 2.32. The summed E-state index contributed by atoms with van der Waals surface area (Å²) in [6.45, 7) is 0.981. The second kappa shape index (κ2) is 13.4. The van der Waals surface area contributed by atoms with Gasteiger partial charge in [-0.3, -0.25) is 4.79 Å². The Morgan fingerprint density at radius 2 is 1.87 bits per heavy atom. The maximum atomic E-state index is 13.7. The van der Waals surface area contributed by atoms with Crippen molar-refractivity contribution in [1.29, 1.82) is 0 Å². The van der Waals surface area contributed by atoms with Crippen molar-refractivity contribution in [2.45, 2.75) is 36.8 Å². The van der Waals surface area contributed by atoms with Crippen molar-refractivity contribution in [2.24, 2.45) is 0 Å². The van der Waals surface area contributed by atoms with E-state index in [1.54, 1.807) is 19.1 Å². The number of halogens is 1. The standard InChI is InChI=1S/C28H33FN2O6S2/c1-35-26-12-7-21(17-27(26)36-2)13-14-30(19-24-6-4-16-38-24)28(32)20-31(18-23-5-3-15-37-23)39(33,34)25-10-8-22(29)9-11-25/h4,6-12,16-17,23H,3,5,13-15,18-20H2,1-2H3. The normalized spacial score (nSPS) is 15.4. The second-order valence-corrected chi connectivity index (χ2v) is 12.2. The Labute approximate surface area is 233 Å². The minimum absolute atomic E-state index is 0.0496. The number of amides is 1. The molecule has 2 heterocycles. The van der Waals surface area contributed by atoms with E-state index in [2.05, 4.69) is 0 Å². The lowest BCUT2D eigenvalue weighted by molar-refractivity contribution is -0.132. The molecule has 1 fully saturated rings. The fourth-order valence-corrected chi connectivity index (χ4v) is 6.59. The molecule has 0 N–H and O–H groups in total. The molecule has 3 aromatic rings. The van der Waals surface area contributed by atoms with Crippen LogP contribution in [0.5, 0.6) is 11.5 Å². The molecule has 1 amide bonds. The third kappa shape index (κ3) is 7.57. The van der Waals surface area contributed by atoms with Crippen molar-refractivity contribution in [3.8, 4) is 11.5 Å². The van der Waals surface area contributed by atoms with Crippen molar-refractivity contribution >= 4 is 27.3 Å². The predicted octanol–water partition coefficient (Wildman–Crippen LogP) is 4.35. The molecule has 4 rings (SSSR count). The van der Waals surface area contributed by atoms with Crippen LogP contribution in [0, 0.1) is 5.82 Å². The highest BCUT2D eigenvalue weighted by Crippen LogP contribution is 2.28. The Balaban J connectivity index is 1.55. The van der Waals surface area contributed by atoms with Crippen LogP contribution in [0.2, 0.25) is 0 Å². The van der Waals surface area contributed by atoms with E-state index in [-0.39, 0.29) is 30.0 Å². The van der Waals surface area contributed by atoms with E-state index < -0.39 is 15.8 Å². The summed E-state index contributed by atoms with van der Waals surface area (Å²) in [6, 6.07) is 14.1. The van der Waals surface area contributed by atoms with Crippen molar-refractivity contribution in [1.82, 2.24) is 9.21 Å². The zero-order valence-electron chi connectivity index (χ0n) is 22.0. The van der Waals surface area contributed by atoms with Gasteiger partial charge in [-0.15, -0.1) is 11.3 Å². The smallest absolute Gasteiger partial charge is 0.243 e. The summed E-state index contributed by atoms with van der Waals surface area (Å²) in [4.78, 5) is 16.3. The summed E-state index contributed by atoms with van der Waals surface area (Å²) in [7, 11) is -0.930. The topological polar surface area (TPSA) is 85.4 Å². The minimum Gasteiger partial charge on any atom is -0.493 e. The van der Waals surface area contributed by atoms with Crippen LogP contribution in [-0.4, -0.2) is 70.1 Å². The lowest BCUT2D eigenvalue weighted by Gasteiger charge is -2.28. The molecule has 0 saturated carbocycles.